The van der Waals surface area contributed by atoms with E-state index in [0.29, 0.717) is 0 Å². The predicted molar refractivity (Wildman–Crippen MR) is 75.7 cm³/mol. The highest BCUT2D eigenvalue weighted by Crippen LogP contribution is 2.45. The highest BCUT2D eigenvalue weighted by atomic mass is 31.2. The lowest BCUT2D eigenvalue weighted by atomic mass is 10.4. The van der Waals surface area contributed by atoms with Gasteiger partial charge in [-0.3, -0.25) is 18.1 Å². The lowest BCUT2D eigenvalue weighted by molar-refractivity contribution is 0.00699. The largest absolute Gasteiger partial charge is 0.472 e. The molecule has 3 unspecified atom stereocenters. The maximum Gasteiger partial charge on any atom is 0.472 e. The quantitative estimate of drug-likeness (QED) is 0.148. The van der Waals surface area contributed by atoms with E-state index in [1.807, 2.05) is 0 Å². The molecule has 15 heteroatoms. The van der Waals surface area contributed by atoms with Gasteiger partial charge < -0.3 is 35.3 Å². The van der Waals surface area contributed by atoms with Gasteiger partial charge in [0.05, 0.1) is 39.6 Å². The lowest BCUT2D eigenvalue weighted by Gasteiger charge is -2.18. The second-order valence-electron chi connectivity index (χ2n) is 4.45. The molecule has 0 rings (SSSR count). The molecule has 0 radical (unpaired) electrons. The average Bonchev–Trinajstić information content (AvgIpc) is 2.54. The van der Waals surface area contributed by atoms with Crippen molar-refractivity contribution in [1.29, 1.82) is 0 Å². The first kappa shape index (κ1) is 24.0. The fourth-order valence-electron chi connectivity index (χ4n) is 0.949. The molecule has 0 saturated heterocycles. The first-order valence-corrected chi connectivity index (χ1v) is 9.50. The molecular weight excluding hydrogens is 378 g/mol. The normalized spacial score (nSPS) is 20.8. The molecule has 5 atom stereocenters. The van der Waals surface area contributed by atoms with Crippen LogP contribution in [0.2, 0.25) is 0 Å². The second kappa shape index (κ2) is 11.6. The molecule has 0 aliphatic rings. The van der Waals surface area contributed by atoms with Crippen LogP contribution in [0.5, 0.6) is 0 Å². The third-order valence-electron chi connectivity index (χ3n) is 2.14. The van der Waals surface area contributed by atoms with Gasteiger partial charge in [0.25, 0.3) is 0 Å². The van der Waals surface area contributed by atoms with Crippen molar-refractivity contribution < 1.29 is 62.5 Å². The summed E-state index contributed by atoms with van der Waals surface area (Å²) in [5, 5.41) is 44.3. The van der Waals surface area contributed by atoms with Crippen LogP contribution in [-0.2, 0) is 27.2 Å². The fourth-order valence-corrected chi connectivity index (χ4v) is 2.54. The van der Waals surface area contributed by atoms with Crippen LogP contribution in [0.1, 0.15) is 0 Å². The molecule has 0 aliphatic carbocycles. The highest BCUT2D eigenvalue weighted by Gasteiger charge is 2.27. The molecule has 0 fully saturated rings. The molecule has 13 nitrogen and oxygen atoms in total. The number of rotatable bonds is 14. The Morgan fingerprint density at radius 1 is 0.625 bits per heavy atom. The van der Waals surface area contributed by atoms with Crippen molar-refractivity contribution in [2.45, 2.75) is 18.3 Å². The monoisotopic (exact) mass is 400 g/mol. The van der Waals surface area contributed by atoms with Crippen LogP contribution in [0.3, 0.4) is 0 Å². The maximum absolute atomic E-state index is 11.3. The molecular formula is C9H22O13P2. The Hall–Kier alpha value is 0.0200. The second-order valence-corrected chi connectivity index (χ2v) is 7.35. The summed E-state index contributed by atoms with van der Waals surface area (Å²) in [6.45, 7) is -4.42. The molecule has 24 heavy (non-hydrogen) atoms. The first-order chi connectivity index (χ1) is 11.0. The fraction of sp³-hybridized carbons (Fsp3) is 1.00. The van der Waals surface area contributed by atoms with Crippen LogP contribution in [0.4, 0.5) is 0 Å². The Morgan fingerprint density at radius 3 is 1.12 bits per heavy atom. The zero-order valence-corrected chi connectivity index (χ0v) is 14.2. The van der Waals surface area contributed by atoms with E-state index in [1.165, 1.54) is 0 Å². The Morgan fingerprint density at radius 2 is 0.875 bits per heavy atom. The molecule has 0 bridgehead atoms. The third-order valence-corrected chi connectivity index (χ3v) is 4.04. The van der Waals surface area contributed by atoms with Crippen molar-refractivity contribution in [2.24, 2.45) is 0 Å². The highest BCUT2D eigenvalue weighted by molar-refractivity contribution is 7.47. The van der Waals surface area contributed by atoms with Gasteiger partial charge in [-0.05, 0) is 0 Å². The van der Waals surface area contributed by atoms with Gasteiger partial charge in [0.15, 0.2) is 0 Å². The van der Waals surface area contributed by atoms with E-state index in [0.717, 1.165) is 0 Å². The van der Waals surface area contributed by atoms with E-state index in [2.05, 4.69) is 18.1 Å². The van der Waals surface area contributed by atoms with Crippen LogP contribution >= 0.6 is 15.6 Å². The molecule has 7 N–H and O–H groups in total. The molecule has 0 amide bonds. The third kappa shape index (κ3) is 12.4. The Balaban J connectivity index is 4.10. The lowest BCUT2D eigenvalue weighted by Crippen LogP contribution is -2.23. The first-order valence-electron chi connectivity index (χ1n) is 6.51. The summed E-state index contributed by atoms with van der Waals surface area (Å²) < 4.78 is 40.0. The molecule has 0 saturated carbocycles. The molecule has 0 heterocycles. The summed E-state index contributed by atoms with van der Waals surface area (Å²) in [6, 6.07) is 0. The molecule has 146 valence electrons. The van der Waals surface area contributed by atoms with Gasteiger partial charge >= 0.3 is 15.6 Å². The minimum Gasteiger partial charge on any atom is -0.394 e. The molecule has 0 aromatic carbocycles. The Labute approximate surface area is 137 Å². The average molecular weight is 400 g/mol. The standard InChI is InChI=1S/C9H22O13P2/c10-1-7(12)3-19-23(15,16)21-5-9(14)6-22-24(17,18)20-4-8(13)2-11/h7-14H,1-6H2,(H,15,16)(H,17,18)/t7-,8+,9?. The van der Waals surface area contributed by atoms with E-state index in [9.17, 15) is 24.0 Å². The zero-order chi connectivity index (χ0) is 18.8. The Bertz CT molecular complexity index is 394. The summed E-state index contributed by atoms with van der Waals surface area (Å²) in [5.74, 6) is 0. The Kier molecular flexibility index (Phi) is 11.6. The zero-order valence-electron chi connectivity index (χ0n) is 12.4. The molecule has 0 aromatic heterocycles. The van der Waals surface area contributed by atoms with Gasteiger partial charge in [-0.1, -0.05) is 0 Å². The number of aliphatic hydroxyl groups excluding tert-OH is 5. The summed E-state index contributed by atoms with van der Waals surface area (Å²) in [6.07, 6.45) is -4.40. The van der Waals surface area contributed by atoms with E-state index in [-0.39, 0.29) is 0 Å². The number of aliphatic hydroxyl groups is 5. The number of phosphoric acid groups is 2. The summed E-state index contributed by atoms with van der Waals surface area (Å²) in [4.78, 5) is 18.4. The number of hydrogen-bond donors (Lipinski definition) is 7. The van der Waals surface area contributed by atoms with Crippen LogP contribution in [-0.4, -0.2) is 93.3 Å². The van der Waals surface area contributed by atoms with E-state index >= 15 is 0 Å². The van der Waals surface area contributed by atoms with Gasteiger partial charge in [0.2, 0.25) is 0 Å². The predicted octanol–water partition coefficient (Wildman–Crippen LogP) is -2.68. The number of phosphoric ester groups is 2. The molecule has 0 spiro atoms. The van der Waals surface area contributed by atoms with E-state index in [4.69, 9.17) is 20.4 Å². The van der Waals surface area contributed by atoms with Crippen LogP contribution in [0, 0.1) is 0 Å². The van der Waals surface area contributed by atoms with Gasteiger partial charge in [-0.15, -0.1) is 0 Å². The summed E-state index contributed by atoms with van der Waals surface area (Å²) in [7, 11) is -9.24. The SMILES string of the molecule is O=P(O)(OCC(O)COP(=O)(O)OC[C@@H](O)CO)OC[C@H](O)CO. The van der Waals surface area contributed by atoms with Crippen molar-refractivity contribution in [1.82, 2.24) is 0 Å². The van der Waals surface area contributed by atoms with E-state index < -0.39 is 73.6 Å². The maximum atomic E-state index is 11.3. The van der Waals surface area contributed by atoms with Crippen LogP contribution < -0.4 is 0 Å². The molecule has 0 aliphatic heterocycles. The topological polar surface area (TPSA) is 213 Å². The van der Waals surface area contributed by atoms with Crippen molar-refractivity contribution in [3.05, 3.63) is 0 Å². The van der Waals surface area contributed by atoms with Crippen molar-refractivity contribution in [3.8, 4) is 0 Å². The van der Waals surface area contributed by atoms with Gasteiger partial charge in [0.1, 0.15) is 18.3 Å². The smallest absolute Gasteiger partial charge is 0.394 e. The summed E-state index contributed by atoms with van der Waals surface area (Å²) >= 11 is 0. The van der Waals surface area contributed by atoms with Crippen LogP contribution in [0.25, 0.3) is 0 Å². The van der Waals surface area contributed by atoms with Crippen molar-refractivity contribution in [3.63, 3.8) is 0 Å². The minimum absolute atomic E-state index is 0.691. The van der Waals surface area contributed by atoms with Crippen molar-refractivity contribution in [2.75, 3.05) is 39.6 Å². The van der Waals surface area contributed by atoms with Gasteiger partial charge in [-0.2, -0.15) is 0 Å². The minimum atomic E-state index is -4.62. The van der Waals surface area contributed by atoms with Crippen LogP contribution in [0.15, 0.2) is 0 Å². The summed E-state index contributed by atoms with van der Waals surface area (Å²) in [5.41, 5.74) is 0. The van der Waals surface area contributed by atoms with Crippen molar-refractivity contribution >= 4 is 15.6 Å². The van der Waals surface area contributed by atoms with Gasteiger partial charge in [0, 0.05) is 0 Å². The molecule has 0 aromatic rings. The van der Waals surface area contributed by atoms with Gasteiger partial charge in [-0.25, -0.2) is 9.13 Å². The number of hydrogen-bond acceptors (Lipinski definition) is 11. The van der Waals surface area contributed by atoms with E-state index in [1.54, 1.807) is 0 Å².